The first-order valence-electron chi connectivity index (χ1n) is 3.67. The molecular formula is C8H11NO3. The molecule has 1 heterocycles. The van der Waals surface area contributed by atoms with E-state index in [1.54, 1.807) is 12.3 Å². The van der Waals surface area contributed by atoms with E-state index in [2.05, 4.69) is 5.32 Å². The molecule has 0 aliphatic carbocycles. The molecule has 4 heteroatoms. The van der Waals surface area contributed by atoms with Crippen LogP contribution in [0.1, 0.15) is 12.5 Å². The highest BCUT2D eigenvalue weighted by molar-refractivity contribution is 5.79. The molecule has 1 aromatic rings. The monoisotopic (exact) mass is 169 g/mol. The molecule has 0 bridgehead atoms. The zero-order valence-corrected chi connectivity index (χ0v) is 6.78. The Morgan fingerprint density at radius 1 is 1.83 bits per heavy atom. The van der Waals surface area contributed by atoms with Crippen molar-refractivity contribution >= 4 is 5.91 Å². The molecule has 0 saturated carbocycles. The van der Waals surface area contributed by atoms with Gasteiger partial charge in [-0.15, -0.1) is 0 Å². The van der Waals surface area contributed by atoms with Crippen molar-refractivity contribution in [2.24, 2.45) is 0 Å². The Morgan fingerprint density at radius 2 is 2.58 bits per heavy atom. The van der Waals surface area contributed by atoms with Crippen LogP contribution >= 0.6 is 0 Å². The van der Waals surface area contributed by atoms with E-state index in [0.29, 0.717) is 6.54 Å². The van der Waals surface area contributed by atoms with Crippen LogP contribution in [0.25, 0.3) is 0 Å². The molecule has 0 saturated heterocycles. The van der Waals surface area contributed by atoms with Gasteiger partial charge >= 0.3 is 0 Å². The third kappa shape index (κ3) is 2.39. The molecule has 66 valence electrons. The summed E-state index contributed by atoms with van der Waals surface area (Å²) < 4.78 is 4.79. The highest BCUT2D eigenvalue weighted by atomic mass is 16.3. The molecule has 0 aromatic carbocycles. The SMILES string of the molecule is C[C@@H](O)C(=O)NCc1ccoc1. The summed E-state index contributed by atoms with van der Waals surface area (Å²) in [6.45, 7) is 1.81. The second-order valence-electron chi connectivity index (χ2n) is 2.53. The van der Waals surface area contributed by atoms with Crippen molar-refractivity contribution in [1.29, 1.82) is 0 Å². The summed E-state index contributed by atoms with van der Waals surface area (Å²) in [6.07, 6.45) is 2.11. The highest BCUT2D eigenvalue weighted by Gasteiger charge is 2.07. The maximum Gasteiger partial charge on any atom is 0.248 e. The first-order chi connectivity index (χ1) is 5.70. The molecule has 0 fully saturated rings. The molecule has 1 amide bonds. The minimum Gasteiger partial charge on any atom is -0.472 e. The van der Waals surface area contributed by atoms with Crippen molar-refractivity contribution in [3.8, 4) is 0 Å². The topological polar surface area (TPSA) is 62.5 Å². The van der Waals surface area contributed by atoms with Crippen LogP contribution in [-0.4, -0.2) is 17.1 Å². The van der Waals surface area contributed by atoms with Gasteiger partial charge in [-0.05, 0) is 13.0 Å². The minimum absolute atomic E-state index is 0.379. The number of carbonyl (C=O) groups excluding carboxylic acids is 1. The number of hydrogen-bond donors (Lipinski definition) is 2. The first kappa shape index (κ1) is 8.80. The van der Waals surface area contributed by atoms with Crippen molar-refractivity contribution in [3.05, 3.63) is 24.2 Å². The fraction of sp³-hybridized carbons (Fsp3) is 0.375. The molecule has 0 unspecified atom stereocenters. The summed E-state index contributed by atoms with van der Waals surface area (Å²) in [5.41, 5.74) is 0.879. The maximum atomic E-state index is 10.8. The average Bonchev–Trinajstić information content (AvgIpc) is 2.51. The Bertz CT molecular complexity index is 241. The van der Waals surface area contributed by atoms with Gasteiger partial charge in [-0.25, -0.2) is 0 Å². The Morgan fingerprint density at radius 3 is 3.08 bits per heavy atom. The van der Waals surface area contributed by atoms with Gasteiger partial charge in [0.2, 0.25) is 5.91 Å². The average molecular weight is 169 g/mol. The highest BCUT2D eigenvalue weighted by Crippen LogP contribution is 1.98. The van der Waals surface area contributed by atoms with E-state index in [1.165, 1.54) is 13.2 Å². The number of aliphatic hydroxyl groups is 1. The van der Waals surface area contributed by atoms with Gasteiger partial charge in [0.05, 0.1) is 12.5 Å². The van der Waals surface area contributed by atoms with Crippen molar-refractivity contribution in [2.45, 2.75) is 19.6 Å². The lowest BCUT2D eigenvalue weighted by molar-refractivity contribution is -0.128. The summed E-state index contributed by atoms with van der Waals surface area (Å²) in [4.78, 5) is 10.8. The molecule has 12 heavy (non-hydrogen) atoms. The summed E-state index contributed by atoms with van der Waals surface area (Å²) in [7, 11) is 0. The smallest absolute Gasteiger partial charge is 0.248 e. The molecule has 0 aliphatic heterocycles. The lowest BCUT2D eigenvalue weighted by atomic mass is 10.3. The lowest BCUT2D eigenvalue weighted by Gasteiger charge is -2.04. The van der Waals surface area contributed by atoms with Crippen molar-refractivity contribution in [1.82, 2.24) is 5.32 Å². The number of rotatable bonds is 3. The van der Waals surface area contributed by atoms with E-state index in [-0.39, 0.29) is 5.91 Å². The normalized spacial score (nSPS) is 12.5. The van der Waals surface area contributed by atoms with Gasteiger partial charge in [0.15, 0.2) is 0 Å². The third-order valence-corrected chi connectivity index (χ3v) is 1.43. The number of amides is 1. The fourth-order valence-corrected chi connectivity index (χ4v) is 0.730. The molecule has 0 radical (unpaired) electrons. The van der Waals surface area contributed by atoms with Crippen LogP contribution in [0.3, 0.4) is 0 Å². The Hall–Kier alpha value is -1.29. The molecule has 1 atom stereocenters. The second-order valence-corrected chi connectivity index (χ2v) is 2.53. The summed E-state index contributed by atoms with van der Waals surface area (Å²) in [5, 5.41) is 11.3. The Labute approximate surface area is 70.2 Å². The Balaban J connectivity index is 2.32. The van der Waals surface area contributed by atoms with Gasteiger partial charge < -0.3 is 14.8 Å². The molecule has 2 N–H and O–H groups in total. The van der Waals surface area contributed by atoms with Crippen LogP contribution in [0.2, 0.25) is 0 Å². The number of nitrogens with one attached hydrogen (secondary N) is 1. The molecular weight excluding hydrogens is 158 g/mol. The second kappa shape index (κ2) is 3.92. The van der Waals surface area contributed by atoms with Crippen molar-refractivity contribution in [3.63, 3.8) is 0 Å². The summed E-state index contributed by atoms with van der Waals surface area (Å²) >= 11 is 0. The van der Waals surface area contributed by atoms with Crippen LogP contribution in [0.5, 0.6) is 0 Å². The standard InChI is InChI=1S/C8H11NO3/c1-6(10)8(11)9-4-7-2-3-12-5-7/h2-3,5-6,10H,4H2,1H3,(H,9,11)/t6-/m1/s1. The zero-order valence-electron chi connectivity index (χ0n) is 6.78. The number of hydrogen-bond acceptors (Lipinski definition) is 3. The number of aliphatic hydroxyl groups excluding tert-OH is 1. The zero-order chi connectivity index (χ0) is 8.97. The minimum atomic E-state index is -0.961. The molecule has 1 rings (SSSR count). The Kier molecular flexibility index (Phi) is 2.88. The van der Waals surface area contributed by atoms with Crippen molar-refractivity contribution in [2.75, 3.05) is 0 Å². The van der Waals surface area contributed by atoms with E-state index >= 15 is 0 Å². The predicted molar refractivity (Wildman–Crippen MR) is 42.2 cm³/mol. The van der Waals surface area contributed by atoms with Crippen LogP contribution in [0, 0.1) is 0 Å². The lowest BCUT2D eigenvalue weighted by Crippen LogP contribution is -2.31. The van der Waals surface area contributed by atoms with Crippen LogP contribution in [0.4, 0.5) is 0 Å². The summed E-state index contributed by atoms with van der Waals surface area (Å²) in [5.74, 6) is -0.379. The molecule has 1 aromatic heterocycles. The quantitative estimate of drug-likeness (QED) is 0.683. The van der Waals surface area contributed by atoms with Gasteiger partial charge in [0, 0.05) is 12.1 Å². The number of furan rings is 1. The molecule has 0 spiro atoms. The largest absolute Gasteiger partial charge is 0.472 e. The molecule has 0 aliphatic rings. The predicted octanol–water partition coefficient (Wildman–Crippen LogP) is 0.277. The fourth-order valence-electron chi connectivity index (χ4n) is 0.730. The van der Waals surface area contributed by atoms with Gasteiger partial charge in [0.1, 0.15) is 6.10 Å². The maximum absolute atomic E-state index is 10.8. The van der Waals surface area contributed by atoms with Crippen LogP contribution in [0.15, 0.2) is 23.0 Å². The third-order valence-electron chi connectivity index (χ3n) is 1.43. The first-order valence-corrected chi connectivity index (χ1v) is 3.67. The van der Waals surface area contributed by atoms with Crippen LogP contribution < -0.4 is 5.32 Å². The summed E-state index contributed by atoms with van der Waals surface area (Å²) in [6, 6.07) is 1.75. The van der Waals surface area contributed by atoms with E-state index < -0.39 is 6.10 Å². The molecule has 4 nitrogen and oxygen atoms in total. The van der Waals surface area contributed by atoms with E-state index in [4.69, 9.17) is 9.52 Å². The van der Waals surface area contributed by atoms with Gasteiger partial charge in [0.25, 0.3) is 0 Å². The van der Waals surface area contributed by atoms with E-state index in [0.717, 1.165) is 5.56 Å². The van der Waals surface area contributed by atoms with Gasteiger partial charge in [-0.3, -0.25) is 4.79 Å². The van der Waals surface area contributed by atoms with E-state index in [1.807, 2.05) is 0 Å². The van der Waals surface area contributed by atoms with Gasteiger partial charge in [-0.2, -0.15) is 0 Å². The van der Waals surface area contributed by atoms with Gasteiger partial charge in [-0.1, -0.05) is 0 Å². The number of carbonyl (C=O) groups is 1. The van der Waals surface area contributed by atoms with E-state index in [9.17, 15) is 4.79 Å². The van der Waals surface area contributed by atoms with Crippen LogP contribution in [-0.2, 0) is 11.3 Å². The van der Waals surface area contributed by atoms with Crippen molar-refractivity contribution < 1.29 is 14.3 Å².